The molecule has 132 valence electrons. The fourth-order valence-electron chi connectivity index (χ4n) is 2.93. The van der Waals surface area contributed by atoms with Crippen LogP contribution in [-0.4, -0.2) is 17.9 Å². The van der Waals surface area contributed by atoms with Crippen LogP contribution in [0.25, 0.3) is 0 Å². The summed E-state index contributed by atoms with van der Waals surface area (Å²) in [5.74, 6) is -0.200. The third-order valence-corrected chi connectivity index (χ3v) is 5.83. The Morgan fingerprint density at radius 2 is 2.08 bits per heavy atom. The highest BCUT2D eigenvalue weighted by Gasteiger charge is 2.26. The van der Waals surface area contributed by atoms with Gasteiger partial charge in [-0.2, -0.15) is 0 Å². The van der Waals surface area contributed by atoms with E-state index in [0.29, 0.717) is 16.3 Å². The summed E-state index contributed by atoms with van der Waals surface area (Å²) in [5.41, 5.74) is 7.02. The maximum Gasteiger partial charge on any atom is 0.265 e. The summed E-state index contributed by atoms with van der Waals surface area (Å²) >= 11 is 4.82. The molecule has 1 heterocycles. The van der Waals surface area contributed by atoms with E-state index >= 15 is 0 Å². The van der Waals surface area contributed by atoms with Gasteiger partial charge in [-0.1, -0.05) is 22.0 Å². The number of thiophene rings is 1. The smallest absolute Gasteiger partial charge is 0.265 e. The second-order valence-electron chi connectivity index (χ2n) is 5.99. The average molecular weight is 423 g/mol. The summed E-state index contributed by atoms with van der Waals surface area (Å²) in [6.07, 6.45) is 3.21. The van der Waals surface area contributed by atoms with Gasteiger partial charge in [0.05, 0.1) is 5.56 Å². The number of amides is 2. The minimum atomic E-state index is -0.700. The van der Waals surface area contributed by atoms with E-state index in [4.69, 9.17) is 10.5 Å². The first-order valence-electron chi connectivity index (χ1n) is 8.13. The first-order valence-corrected chi connectivity index (χ1v) is 9.74. The van der Waals surface area contributed by atoms with Gasteiger partial charge in [0.2, 0.25) is 0 Å². The Labute approximate surface area is 158 Å². The molecular weight excluding hydrogens is 404 g/mol. The van der Waals surface area contributed by atoms with Crippen LogP contribution in [-0.2, 0) is 17.6 Å². The normalized spacial score (nSPS) is 14.5. The number of nitrogens with one attached hydrogen (secondary N) is 1. The number of rotatable bonds is 5. The van der Waals surface area contributed by atoms with E-state index in [1.807, 2.05) is 12.1 Å². The van der Waals surface area contributed by atoms with Gasteiger partial charge in [0.1, 0.15) is 10.8 Å². The molecule has 0 fully saturated rings. The molecule has 0 saturated heterocycles. The summed E-state index contributed by atoms with van der Waals surface area (Å²) in [4.78, 5) is 25.5. The number of nitrogens with two attached hydrogens (primary N) is 1. The predicted molar refractivity (Wildman–Crippen MR) is 102 cm³/mol. The maximum atomic E-state index is 12.5. The summed E-state index contributed by atoms with van der Waals surface area (Å²) in [6.45, 7) is 1.67. The van der Waals surface area contributed by atoms with Crippen molar-refractivity contribution in [3.63, 3.8) is 0 Å². The maximum absolute atomic E-state index is 12.5. The predicted octanol–water partition coefficient (Wildman–Crippen LogP) is 3.89. The third-order valence-electron chi connectivity index (χ3n) is 4.13. The van der Waals surface area contributed by atoms with E-state index in [-0.39, 0.29) is 5.91 Å². The second kappa shape index (κ2) is 7.58. The van der Waals surface area contributed by atoms with Gasteiger partial charge in [-0.15, -0.1) is 11.3 Å². The first-order chi connectivity index (χ1) is 12.0. The molecule has 3 N–H and O–H groups in total. The number of primary amides is 1. The summed E-state index contributed by atoms with van der Waals surface area (Å²) in [7, 11) is 0. The van der Waals surface area contributed by atoms with Crippen molar-refractivity contribution in [2.24, 2.45) is 5.73 Å². The molecule has 1 aromatic heterocycles. The van der Waals surface area contributed by atoms with E-state index in [9.17, 15) is 9.59 Å². The number of ether oxygens (including phenoxy) is 1. The number of aryl methyl sites for hydroxylation is 1. The van der Waals surface area contributed by atoms with Gasteiger partial charge in [-0.25, -0.2) is 0 Å². The van der Waals surface area contributed by atoms with E-state index < -0.39 is 12.0 Å². The van der Waals surface area contributed by atoms with Crippen LogP contribution < -0.4 is 15.8 Å². The van der Waals surface area contributed by atoms with Crippen molar-refractivity contribution < 1.29 is 14.3 Å². The van der Waals surface area contributed by atoms with Crippen molar-refractivity contribution in [1.29, 1.82) is 0 Å². The SMILES string of the molecule is C[C@H](Oc1cccc(Br)c1)C(=O)Nc1sc2c(c1C(N)=O)CCCC2. The Morgan fingerprint density at radius 3 is 2.80 bits per heavy atom. The monoisotopic (exact) mass is 422 g/mol. The molecule has 0 bridgehead atoms. The quantitative estimate of drug-likeness (QED) is 0.766. The zero-order valence-corrected chi connectivity index (χ0v) is 16.2. The number of hydrogen-bond acceptors (Lipinski definition) is 4. The molecule has 7 heteroatoms. The molecule has 2 aromatic rings. The molecule has 5 nitrogen and oxygen atoms in total. The van der Waals surface area contributed by atoms with Crippen molar-refractivity contribution in [1.82, 2.24) is 0 Å². The number of benzene rings is 1. The highest BCUT2D eigenvalue weighted by atomic mass is 79.9. The van der Waals surface area contributed by atoms with Gasteiger partial charge in [0.25, 0.3) is 11.8 Å². The molecule has 1 aromatic carbocycles. The number of carbonyl (C=O) groups is 2. The van der Waals surface area contributed by atoms with Crippen LogP contribution >= 0.6 is 27.3 Å². The number of hydrogen-bond donors (Lipinski definition) is 2. The van der Waals surface area contributed by atoms with E-state index in [1.165, 1.54) is 11.3 Å². The lowest BCUT2D eigenvalue weighted by atomic mass is 9.95. The van der Waals surface area contributed by atoms with Crippen LogP contribution in [0, 0.1) is 0 Å². The van der Waals surface area contributed by atoms with E-state index in [0.717, 1.165) is 40.6 Å². The topological polar surface area (TPSA) is 81.4 Å². The van der Waals surface area contributed by atoms with E-state index in [2.05, 4.69) is 21.2 Å². The zero-order valence-electron chi connectivity index (χ0n) is 13.8. The van der Waals surface area contributed by atoms with Gasteiger partial charge >= 0.3 is 0 Å². The Balaban J connectivity index is 1.76. The molecule has 1 aliphatic carbocycles. The Hall–Kier alpha value is -1.86. The molecule has 2 amide bonds. The largest absolute Gasteiger partial charge is 0.481 e. The number of carbonyl (C=O) groups excluding carboxylic acids is 2. The number of fused-ring (bicyclic) bond motifs is 1. The first kappa shape index (κ1) is 17.9. The number of anilines is 1. The van der Waals surface area contributed by atoms with Gasteiger partial charge < -0.3 is 15.8 Å². The van der Waals surface area contributed by atoms with Crippen LogP contribution in [0.5, 0.6) is 5.75 Å². The minimum absolute atomic E-state index is 0.305. The molecule has 3 rings (SSSR count). The van der Waals surface area contributed by atoms with Crippen LogP contribution in [0.4, 0.5) is 5.00 Å². The lowest BCUT2D eigenvalue weighted by Crippen LogP contribution is -2.30. The van der Waals surface area contributed by atoms with Crippen molar-refractivity contribution in [2.75, 3.05) is 5.32 Å². The van der Waals surface area contributed by atoms with Gasteiger partial charge in [-0.3, -0.25) is 9.59 Å². The Morgan fingerprint density at radius 1 is 1.32 bits per heavy atom. The molecule has 0 aliphatic heterocycles. The van der Waals surface area contributed by atoms with Gasteiger partial charge in [0.15, 0.2) is 6.10 Å². The molecule has 1 aliphatic rings. The van der Waals surface area contributed by atoms with Crippen molar-refractivity contribution in [3.05, 3.63) is 44.7 Å². The van der Waals surface area contributed by atoms with Crippen LogP contribution in [0.3, 0.4) is 0 Å². The highest BCUT2D eigenvalue weighted by molar-refractivity contribution is 9.10. The molecule has 0 saturated carbocycles. The molecule has 25 heavy (non-hydrogen) atoms. The Kier molecular flexibility index (Phi) is 5.44. The lowest BCUT2D eigenvalue weighted by molar-refractivity contribution is -0.122. The summed E-state index contributed by atoms with van der Waals surface area (Å²) in [6, 6.07) is 7.30. The fraction of sp³-hybridized carbons (Fsp3) is 0.333. The van der Waals surface area contributed by atoms with Crippen molar-refractivity contribution in [2.45, 2.75) is 38.7 Å². The lowest BCUT2D eigenvalue weighted by Gasteiger charge is -2.15. The standard InChI is InChI=1S/C18H19BrN2O3S/c1-10(24-12-6-4-5-11(19)9-12)17(23)21-18-15(16(20)22)13-7-2-3-8-14(13)25-18/h4-6,9-10H,2-3,7-8H2,1H3,(H2,20,22)(H,21,23)/t10-/m0/s1. The summed E-state index contributed by atoms with van der Waals surface area (Å²) < 4.78 is 6.55. The minimum Gasteiger partial charge on any atom is -0.481 e. The van der Waals surface area contributed by atoms with E-state index in [1.54, 1.807) is 19.1 Å². The Bertz CT molecular complexity index is 819. The fourth-order valence-corrected chi connectivity index (χ4v) is 4.60. The highest BCUT2D eigenvalue weighted by Crippen LogP contribution is 2.38. The molecule has 0 unspecified atom stereocenters. The zero-order chi connectivity index (χ0) is 18.0. The number of halogens is 1. The van der Waals surface area contributed by atoms with Crippen molar-refractivity contribution in [3.8, 4) is 5.75 Å². The van der Waals surface area contributed by atoms with Gasteiger partial charge in [-0.05, 0) is 56.4 Å². The molecule has 1 atom stereocenters. The molecule has 0 spiro atoms. The third kappa shape index (κ3) is 4.04. The molecule has 0 radical (unpaired) electrons. The van der Waals surface area contributed by atoms with Crippen LogP contribution in [0.1, 0.15) is 40.6 Å². The summed E-state index contributed by atoms with van der Waals surface area (Å²) in [5, 5.41) is 3.36. The average Bonchev–Trinajstić information content (AvgIpc) is 2.92. The van der Waals surface area contributed by atoms with Gasteiger partial charge in [0, 0.05) is 9.35 Å². The van der Waals surface area contributed by atoms with Crippen molar-refractivity contribution >= 4 is 44.1 Å². The second-order valence-corrected chi connectivity index (χ2v) is 8.01. The molecular formula is C18H19BrN2O3S. The van der Waals surface area contributed by atoms with Crippen LogP contribution in [0.15, 0.2) is 28.7 Å². The van der Waals surface area contributed by atoms with Crippen LogP contribution in [0.2, 0.25) is 0 Å².